The van der Waals surface area contributed by atoms with Crippen molar-refractivity contribution in [3.8, 4) is 17.1 Å². The van der Waals surface area contributed by atoms with Gasteiger partial charge in [-0.2, -0.15) is 0 Å². The maximum atomic E-state index is 12.4. The highest BCUT2D eigenvalue weighted by Gasteiger charge is 2.19. The van der Waals surface area contributed by atoms with Crippen LogP contribution in [0.4, 0.5) is 0 Å². The highest BCUT2D eigenvalue weighted by Crippen LogP contribution is 2.25. The van der Waals surface area contributed by atoms with Crippen molar-refractivity contribution >= 4 is 17.7 Å². The van der Waals surface area contributed by atoms with Crippen molar-refractivity contribution in [3.63, 3.8) is 0 Å². The molecule has 0 aliphatic carbocycles. The summed E-state index contributed by atoms with van der Waals surface area (Å²) in [5, 5.41) is 11.4. The molecule has 1 aromatic heterocycles. The smallest absolute Gasteiger partial charge is 0.233 e. The molecule has 0 spiro atoms. The van der Waals surface area contributed by atoms with Gasteiger partial charge in [-0.3, -0.25) is 4.79 Å². The molecule has 29 heavy (non-hydrogen) atoms. The molecular formula is C21H25N5O2S. The van der Waals surface area contributed by atoms with Crippen LogP contribution in [0.15, 0.2) is 53.7 Å². The lowest BCUT2D eigenvalue weighted by molar-refractivity contribution is -0.120. The number of nitrogens with two attached hydrogens (primary N) is 1. The predicted molar refractivity (Wildman–Crippen MR) is 115 cm³/mol. The number of hydrogen-bond donors (Lipinski definition) is 2. The zero-order chi connectivity index (χ0) is 20.8. The summed E-state index contributed by atoms with van der Waals surface area (Å²) in [6, 6.07) is 15.7. The van der Waals surface area contributed by atoms with E-state index in [9.17, 15) is 4.79 Å². The van der Waals surface area contributed by atoms with Gasteiger partial charge in [-0.1, -0.05) is 53.7 Å². The van der Waals surface area contributed by atoms with Crippen molar-refractivity contribution in [1.29, 1.82) is 0 Å². The van der Waals surface area contributed by atoms with Gasteiger partial charge in [0.1, 0.15) is 5.75 Å². The van der Waals surface area contributed by atoms with Gasteiger partial charge in [0.05, 0.1) is 12.4 Å². The minimum Gasteiger partial charge on any atom is -0.497 e. The third-order valence-electron chi connectivity index (χ3n) is 4.50. The minimum absolute atomic E-state index is 0.0663. The number of hydrogen-bond acceptors (Lipinski definition) is 6. The number of thioether (sulfide) groups is 1. The number of carbonyl (C=O) groups excluding carboxylic acids is 1. The summed E-state index contributed by atoms with van der Waals surface area (Å²) in [5.74, 6) is 7.47. The van der Waals surface area contributed by atoms with E-state index < -0.39 is 0 Å². The van der Waals surface area contributed by atoms with Gasteiger partial charge in [-0.15, -0.1) is 10.2 Å². The quantitative estimate of drug-likeness (QED) is 0.437. The van der Waals surface area contributed by atoms with Crippen molar-refractivity contribution in [1.82, 2.24) is 20.2 Å². The Labute approximate surface area is 174 Å². The van der Waals surface area contributed by atoms with Gasteiger partial charge in [0.25, 0.3) is 0 Å². The van der Waals surface area contributed by atoms with Crippen LogP contribution in [-0.4, -0.2) is 39.7 Å². The molecule has 152 valence electrons. The van der Waals surface area contributed by atoms with Gasteiger partial charge in [-0.05, 0) is 38.0 Å². The number of aryl methyl sites for hydroxylation is 1. The van der Waals surface area contributed by atoms with Gasteiger partial charge < -0.3 is 15.9 Å². The number of amides is 1. The van der Waals surface area contributed by atoms with Crippen LogP contribution >= 0.6 is 11.8 Å². The second kappa shape index (κ2) is 9.47. The van der Waals surface area contributed by atoms with Crippen LogP contribution in [0.3, 0.4) is 0 Å². The summed E-state index contributed by atoms with van der Waals surface area (Å²) in [5.41, 5.74) is 3.18. The number of aromatic nitrogens is 3. The molecule has 1 amide bonds. The zero-order valence-electron chi connectivity index (χ0n) is 16.8. The summed E-state index contributed by atoms with van der Waals surface area (Å²) < 4.78 is 6.58. The first kappa shape index (κ1) is 20.7. The summed E-state index contributed by atoms with van der Waals surface area (Å²) in [6.07, 6.45) is 0.748. The van der Waals surface area contributed by atoms with Crippen LogP contribution in [0.1, 0.15) is 18.1 Å². The number of rotatable bonds is 8. The van der Waals surface area contributed by atoms with E-state index >= 15 is 0 Å². The van der Waals surface area contributed by atoms with Gasteiger partial charge in [0.15, 0.2) is 5.82 Å². The van der Waals surface area contributed by atoms with Crippen LogP contribution in [0.2, 0.25) is 0 Å². The second-order valence-corrected chi connectivity index (χ2v) is 8.00. The standard InChI is InChI=1S/C21H25N5O2S/c1-14-4-8-17(9-5-14)19-24-25-21(26(19)22)29-15(2)20(27)23-13-12-16-6-10-18(28-3)11-7-16/h4-11,15H,12-13,22H2,1-3H3,(H,23,27)/t15-/m0/s1. The molecule has 8 heteroatoms. The number of methoxy groups -OCH3 is 1. The maximum Gasteiger partial charge on any atom is 0.233 e. The van der Waals surface area contributed by atoms with Crippen LogP contribution in [-0.2, 0) is 11.2 Å². The van der Waals surface area contributed by atoms with E-state index in [4.69, 9.17) is 10.6 Å². The number of carbonyl (C=O) groups is 1. The van der Waals surface area contributed by atoms with Crippen molar-refractivity contribution in [2.75, 3.05) is 19.5 Å². The van der Waals surface area contributed by atoms with Crippen LogP contribution in [0.5, 0.6) is 5.75 Å². The van der Waals surface area contributed by atoms with Gasteiger partial charge in [0, 0.05) is 12.1 Å². The Hall–Kier alpha value is -3.00. The summed E-state index contributed by atoms with van der Waals surface area (Å²) in [4.78, 5) is 12.4. The first-order chi connectivity index (χ1) is 14.0. The van der Waals surface area contributed by atoms with E-state index in [-0.39, 0.29) is 11.2 Å². The first-order valence-corrected chi connectivity index (χ1v) is 10.2. The average molecular weight is 412 g/mol. The highest BCUT2D eigenvalue weighted by atomic mass is 32.2. The number of nitrogens with one attached hydrogen (secondary N) is 1. The molecule has 1 atom stereocenters. The van der Waals surface area contributed by atoms with E-state index in [1.165, 1.54) is 16.4 Å². The topological polar surface area (TPSA) is 95.1 Å². The Kier molecular flexibility index (Phi) is 6.77. The lowest BCUT2D eigenvalue weighted by Gasteiger charge is -2.12. The maximum absolute atomic E-state index is 12.4. The van der Waals surface area contributed by atoms with E-state index in [0.717, 1.165) is 28.9 Å². The average Bonchev–Trinajstić information content (AvgIpc) is 3.09. The molecule has 1 heterocycles. The molecule has 0 unspecified atom stereocenters. The van der Waals surface area contributed by atoms with Crippen molar-refractivity contribution in [2.24, 2.45) is 0 Å². The van der Waals surface area contributed by atoms with Crippen molar-refractivity contribution in [3.05, 3.63) is 59.7 Å². The molecule has 2 aromatic carbocycles. The Morgan fingerprint density at radius 1 is 1.17 bits per heavy atom. The third kappa shape index (κ3) is 5.29. The number of nitrogen functional groups attached to an aromatic ring is 1. The molecular weight excluding hydrogens is 386 g/mol. The van der Waals surface area contributed by atoms with Crippen molar-refractivity contribution < 1.29 is 9.53 Å². The van der Waals surface area contributed by atoms with Gasteiger partial charge in [0.2, 0.25) is 11.1 Å². The molecule has 0 aliphatic rings. The molecule has 0 aliphatic heterocycles. The van der Waals surface area contributed by atoms with E-state index in [2.05, 4.69) is 15.5 Å². The first-order valence-electron chi connectivity index (χ1n) is 9.32. The molecule has 0 fully saturated rings. The predicted octanol–water partition coefficient (Wildman–Crippen LogP) is 2.82. The number of benzene rings is 2. The van der Waals surface area contributed by atoms with Gasteiger partial charge >= 0.3 is 0 Å². The third-order valence-corrected chi connectivity index (χ3v) is 5.55. The van der Waals surface area contributed by atoms with Crippen molar-refractivity contribution in [2.45, 2.75) is 30.7 Å². The molecule has 0 bridgehead atoms. The molecule has 0 saturated heterocycles. The lowest BCUT2D eigenvalue weighted by Crippen LogP contribution is -2.32. The SMILES string of the molecule is COc1ccc(CCNC(=O)[C@H](C)Sc2nnc(-c3ccc(C)cc3)n2N)cc1. The lowest BCUT2D eigenvalue weighted by atomic mass is 10.1. The van der Waals surface area contributed by atoms with E-state index in [1.54, 1.807) is 7.11 Å². The second-order valence-electron chi connectivity index (χ2n) is 6.69. The summed E-state index contributed by atoms with van der Waals surface area (Å²) in [6.45, 7) is 4.40. The molecule has 3 N–H and O–H groups in total. The monoisotopic (exact) mass is 411 g/mol. The highest BCUT2D eigenvalue weighted by molar-refractivity contribution is 8.00. The molecule has 7 nitrogen and oxygen atoms in total. The summed E-state index contributed by atoms with van der Waals surface area (Å²) >= 11 is 1.28. The van der Waals surface area contributed by atoms with Gasteiger partial charge in [-0.25, -0.2) is 4.68 Å². The Morgan fingerprint density at radius 3 is 2.52 bits per heavy atom. The fraction of sp³-hybridized carbons (Fsp3) is 0.286. The van der Waals surface area contributed by atoms with E-state index in [1.807, 2.05) is 62.4 Å². The fourth-order valence-electron chi connectivity index (χ4n) is 2.73. The Morgan fingerprint density at radius 2 is 1.86 bits per heavy atom. The normalized spacial score (nSPS) is 11.8. The van der Waals surface area contributed by atoms with E-state index in [0.29, 0.717) is 17.5 Å². The summed E-state index contributed by atoms with van der Waals surface area (Å²) in [7, 11) is 1.64. The number of ether oxygens (including phenoxy) is 1. The fourth-order valence-corrected chi connectivity index (χ4v) is 3.53. The molecule has 3 aromatic rings. The van der Waals surface area contributed by atoms with Crippen LogP contribution in [0.25, 0.3) is 11.4 Å². The molecule has 0 radical (unpaired) electrons. The largest absolute Gasteiger partial charge is 0.497 e. The Balaban J connectivity index is 1.53. The van der Waals surface area contributed by atoms with Crippen LogP contribution < -0.4 is 15.9 Å². The Bertz CT molecular complexity index is 954. The van der Waals surface area contributed by atoms with Crippen LogP contribution in [0, 0.1) is 6.92 Å². The minimum atomic E-state index is -0.344. The molecule has 3 rings (SSSR count). The molecule has 0 saturated carbocycles. The number of nitrogens with zero attached hydrogens (tertiary/aromatic N) is 3. The zero-order valence-corrected chi connectivity index (χ0v) is 17.6.